The number of phenols is 1. The maximum absolute atomic E-state index is 13.5. The van der Waals surface area contributed by atoms with Crippen molar-refractivity contribution in [2.24, 2.45) is 0 Å². The van der Waals surface area contributed by atoms with Crippen molar-refractivity contribution in [3.63, 3.8) is 0 Å². The molecule has 0 saturated carbocycles. The van der Waals surface area contributed by atoms with E-state index < -0.39 is 41.2 Å². The predicted octanol–water partition coefficient (Wildman–Crippen LogP) is 7.16. The highest BCUT2D eigenvalue weighted by atomic mass is 16.7. The molecule has 5 aromatic carbocycles. The van der Waals surface area contributed by atoms with Crippen molar-refractivity contribution in [2.45, 2.75) is 31.8 Å². The van der Waals surface area contributed by atoms with Crippen LogP contribution in [-0.2, 0) is 32.3 Å². The molecule has 4 N–H and O–H groups in total. The maximum atomic E-state index is 13.5. The first-order valence-corrected chi connectivity index (χ1v) is 20.1. The molecule has 4 amide bonds. The van der Waals surface area contributed by atoms with Gasteiger partial charge < -0.3 is 34.8 Å². The molecule has 0 radical (unpaired) electrons. The monoisotopic (exact) mass is 857 g/mol. The summed E-state index contributed by atoms with van der Waals surface area (Å²) in [6.07, 6.45) is -0.850. The number of fused-ring (bicyclic) bond motifs is 5. The maximum Gasteiger partial charge on any atom is 0.407 e. The third-order valence-electron chi connectivity index (χ3n) is 11.3. The van der Waals surface area contributed by atoms with Gasteiger partial charge in [-0.15, -0.1) is 5.06 Å². The van der Waals surface area contributed by atoms with E-state index in [1.807, 2.05) is 36.4 Å². The van der Waals surface area contributed by atoms with Crippen LogP contribution in [-0.4, -0.2) is 57.6 Å². The summed E-state index contributed by atoms with van der Waals surface area (Å²) >= 11 is 0. The van der Waals surface area contributed by atoms with Gasteiger partial charge in [0.1, 0.15) is 23.7 Å². The number of hydrogen-bond donors (Lipinski definition) is 4. The molecule has 1 fully saturated rings. The number of amides is 4. The molecule has 4 aliphatic rings. The predicted molar refractivity (Wildman–Crippen MR) is 229 cm³/mol. The first-order chi connectivity index (χ1) is 30.9. The topological polar surface area (TPSA) is 219 Å². The van der Waals surface area contributed by atoms with Gasteiger partial charge in [-0.1, -0.05) is 60.7 Å². The number of hydroxylamine groups is 2. The fourth-order valence-electron chi connectivity index (χ4n) is 8.16. The molecule has 2 aliphatic carbocycles. The quantitative estimate of drug-likeness (QED) is 0.0753. The van der Waals surface area contributed by atoms with Crippen LogP contribution in [0.1, 0.15) is 72.1 Å². The Balaban J connectivity index is 0.916. The van der Waals surface area contributed by atoms with Gasteiger partial charge in [-0.25, -0.2) is 14.4 Å². The first-order valence-electron chi connectivity index (χ1n) is 20.1. The second kappa shape index (κ2) is 16.7. The average molecular weight is 858 g/mol. The van der Waals surface area contributed by atoms with E-state index >= 15 is 0 Å². The van der Waals surface area contributed by atoms with Crippen LogP contribution in [0.2, 0.25) is 0 Å². The van der Waals surface area contributed by atoms with E-state index in [2.05, 4.69) is 22.8 Å². The minimum absolute atomic E-state index is 0.000229. The van der Waals surface area contributed by atoms with E-state index in [0.717, 1.165) is 28.3 Å². The van der Waals surface area contributed by atoms with Crippen molar-refractivity contribution in [3.05, 3.63) is 170 Å². The number of carbonyl (C=O) groups excluding carboxylic acids is 5. The van der Waals surface area contributed by atoms with E-state index in [1.165, 1.54) is 42.5 Å². The molecule has 0 atom stereocenters. The zero-order chi connectivity index (χ0) is 44.6. The zero-order valence-corrected chi connectivity index (χ0v) is 33.6. The van der Waals surface area contributed by atoms with Crippen molar-refractivity contribution in [1.29, 1.82) is 0 Å². The number of nitrogens with zero attached hydrogens (tertiary/aromatic N) is 1. The molecule has 1 saturated heterocycles. The lowest BCUT2D eigenvalue weighted by atomic mass is 9.88. The van der Waals surface area contributed by atoms with Crippen molar-refractivity contribution < 1.29 is 53.0 Å². The lowest BCUT2D eigenvalue weighted by Gasteiger charge is -2.20. The Kier molecular flexibility index (Phi) is 10.6. The number of alkyl carbamates (subject to hydrolysis) is 1. The van der Waals surface area contributed by atoms with Crippen molar-refractivity contribution in [3.8, 4) is 39.3 Å². The Bertz CT molecular complexity index is 3060. The smallest absolute Gasteiger partial charge is 0.407 e. The standard InChI is InChI=1S/C49H35N3O12/c53-29-14-16-35-41(22-29)63-45-36(44(35)37-21-28(13-15-34(37)47(58)59)48(60)64-52-42(55)19-20-43(52)56)17-18-40(54)38(45)24-50-46(57)27-11-9-26(10-12-27)23-51-49(61)62-25-39-32-7-3-1-5-30(32)31-6-2-4-8-33(31)39/h1-18,21-22,39,53H,19-20,23-25H2,(H,50,57)(H,51,61)(H,58,59). The van der Waals surface area contributed by atoms with Gasteiger partial charge in [0, 0.05) is 53.4 Å². The minimum Gasteiger partial charge on any atom is -0.508 e. The lowest BCUT2D eigenvalue weighted by molar-refractivity contribution is -0.172. The average Bonchev–Trinajstić information content (AvgIpc) is 3.80. The van der Waals surface area contributed by atoms with Crippen LogP contribution in [0.5, 0.6) is 5.75 Å². The molecule has 9 rings (SSSR count). The number of rotatable bonds is 11. The Morgan fingerprint density at radius 2 is 1.38 bits per heavy atom. The van der Waals surface area contributed by atoms with Crippen LogP contribution in [0, 0.1) is 0 Å². The number of aromatic carboxylic acids is 1. The molecule has 15 heteroatoms. The second-order valence-electron chi connectivity index (χ2n) is 15.2. The molecule has 64 heavy (non-hydrogen) atoms. The lowest BCUT2D eigenvalue weighted by Crippen LogP contribution is -2.32. The molecule has 0 spiro atoms. The number of carbonyl (C=O) groups is 6. The van der Waals surface area contributed by atoms with Crippen LogP contribution < -0.4 is 16.1 Å². The second-order valence-corrected chi connectivity index (χ2v) is 15.2. The van der Waals surface area contributed by atoms with Gasteiger partial charge in [0.2, 0.25) is 0 Å². The molecule has 15 nitrogen and oxygen atoms in total. The van der Waals surface area contributed by atoms with Crippen molar-refractivity contribution >= 4 is 46.7 Å². The van der Waals surface area contributed by atoms with Crippen LogP contribution >= 0.6 is 0 Å². The van der Waals surface area contributed by atoms with Gasteiger partial charge in [-0.2, -0.15) is 0 Å². The third-order valence-corrected chi connectivity index (χ3v) is 11.3. The summed E-state index contributed by atoms with van der Waals surface area (Å²) in [4.78, 5) is 94.9. The molecular weight excluding hydrogens is 823 g/mol. The summed E-state index contributed by atoms with van der Waals surface area (Å²) in [7, 11) is 0. The molecule has 5 aromatic rings. The fourth-order valence-corrected chi connectivity index (χ4v) is 8.16. The summed E-state index contributed by atoms with van der Waals surface area (Å²) in [5.41, 5.74) is 4.86. The number of imide groups is 1. The van der Waals surface area contributed by atoms with Gasteiger partial charge in [0.25, 0.3) is 17.7 Å². The number of carboxylic acid groups (broad SMARTS) is 1. The summed E-state index contributed by atoms with van der Waals surface area (Å²) in [6.45, 7) is -0.0372. The SMILES string of the molecule is O=C(NCc1ccc(C(=O)NCc2c3oc4cc(O)ccc4c(-c4cc(C(=O)ON5C(=O)CCC5=O)ccc4C(=O)O)c-3ccc2=O)cc1)OCC1c2ccccc2-c2ccccc21. The summed E-state index contributed by atoms with van der Waals surface area (Å²) in [5.74, 6) is -4.74. The highest BCUT2D eigenvalue weighted by Gasteiger charge is 2.34. The number of nitrogens with one attached hydrogen (secondary N) is 2. The highest BCUT2D eigenvalue weighted by molar-refractivity contribution is 6.09. The number of ether oxygens (including phenoxy) is 1. The van der Waals surface area contributed by atoms with E-state index in [-0.39, 0.29) is 94.5 Å². The van der Waals surface area contributed by atoms with Crippen molar-refractivity contribution in [2.75, 3.05) is 6.61 Å². The van der Waals surface area contributed by atoms with E-state index in [1.54, 1.807) is 24.3 Å². The van der Waals surface area contributed by atoms with E-state index in [0.29, 0.717) is 16.0 Å². The van der Waals surface area contributed by atoms with Crippen LogP contribution in [0.3, 0.4) is 0 Å². The molecule has 2 aliphatic heterocycles. The molecule has 0 aromatic heterocycles. The van der Waals surface area contributed by atoms with Gasteiger partial charge in [-0.3, -0.25) is 19.2 Å². The Labute approximate surface area is 362 Å². The van der Waals surface area contributed by atoms with Gasteiger partial charge in [0.05, 0.1) is 23.2 Å². The molecule has 2 heterocycles. The summed E-state index contributed by atoms with van der Waals surface area (Å²) in [6, 6.07) is 32.9. The van der Waals surface area contributed by atoms with Crippen LogP contribution in [0.15, 0.2) is 131 Å². The van der Waals surface area contributed by atoms with Crippen molar-refractivity contribution in [1.82, 2.24) is 15.7 Å². The summed E-state index contributed by atoms with van der Waals surface area (Å²) < 4.78 is 11.8. The number of benzene rings is 6. The third kappa shape index (κ3) is 7.66. The zero-order valence-electron chi connectivity index (χ0n) is 33.6. The van der Waals surface area contributed by atoms with Gasteiger partial charge >= 0.3 is 18.0 Å². The van der Waals surface area contributed by atoms with Crippen LogP contribution in [0.25, 0.3) is 44.5 Å². The molecular formula is C49H35N3O12. The van der Waals surface area contributed by atoms with Gasteiger partial charge in [0.15, 0.2) is 5.43 Å². The highest BCUT2D eigenvalue weighted by Crippen LogP contribution is 2.45. The number of hydrogen-bond acceptors (Lipinski definition) is 11. The summed E-state index contributed by atoms with van der Waals surface area (Å²) in [5, 5.41) is 26.9. The minimum atomic E-state index is -1.37. The molecule has 0 bridgehead atoms. The molecule has 0 unspecified atom stereocenters. The largest absolute Gasteiger partial charge is 0.508 e. The number of carboxylic acids is 1. The van der Waals surface area contributed by atoms with E-state index in [4.69, 9.17) is 14.0 Å². The Hall–Kier alpha value is -8.59. The van der Waals surface area contributed by atoms with Gasteiger partial charge in [-0.05, 0) is 88.0 Å². The Morgan fingerprint density at radius 3 is 2.06 bits per heavy atom. The number of phenolic OH excluding ortho intramolecular Hbond substituents is 1. The van der Waals surface area contributed by atoms with E-state index in [9.17, 15) is 43.8 Å². The normalized spacial score (nSPS) is 13.2. The number of aromatic hydroxyl groups is 1. The fraction of sp³-hybridized carbons (Fsp3) is 0.122. The molecule has 318 valence electrons. The van der Waals surface area contributed by atoms with Crippen LogP contribution in [0.4, 0.5) is 4.79 Å². The Morgan fingerprint density at radius 1 is 0.703 bits per heavy atom. The first kappa shape index (κ1) is 40.8.